The largest absolute Gasteiger partial charge is 0.530 e. The van der Waals surface area contributed by atoms with Crippen LogP contribution in [-0.2, 0) is 20.5 Å². The van der Waals surface area contributed by atoms with Gasteiger partial charge in [-0.2, -0.15) is 21.6 Å². The first-order valence-corrected chi connectivity index (χ1v) is 8.07. The molecule has 1 aromatic carbocycles. The third-order valence-corrected chi connectivity index (χ3v) is 4.74. The molecule has 10 heteroatoms. The maximum Gasteiger partial charge on any atom is 0.416 e. The number of carbonyl (C=O) groups is 1. The number of alkyl halides is 3. The molecular weight excluding hydrogens is 339 g/mol. The van der Waals surface area contributed by atoms with Gasteiger partial charge in [0, 0.05) is 13.1 Å². The molecule has 23 heavy (non-hydrogen) atoms. The molecule has 0 radical (unpaired) electrons. The summed E-state index contributed by atoms with van der Waals surface area (Å²) in [5.74, 6) is 0. The van der Waals surface area contributed by atoms with E-state index in [-0.39, 0.29) is 13.1 Å². The van der Waals surface area contributed by atoms with Crippen LogP contribution in [0.5, 0.6) is 0 Å². The van der Waals surface area contributed by atoms with Crippen molar-refractivity contribution in [2.45, 2.75) is 30.0 Å². The summed E-state index contributed by atoms with van der Waals surface area (Å²) in [5.41, 5.74) is -0.975. The fraction of sp³-hybridized carbons (Fsp3) is 0.462. The zero-order valence-electron chi connectivity index (χ0n) is 11.7. The molecule has 1 aliphatic rings. The van der Waals surface area contributed by atoms with E-state index in [9.17, 15) is 31.5 Å². The minimum Gasteiger partial charge on any atom is -0.530 e. The lowest BCUT2D eigenvalue weighted by Crippen LogP contribution is -2.49. The van der Waals surface area contributed by atoms with Gasteiger partial charge >= 0.3 is 6.18 Å². The molecule has 2 rings (SSSR count). The molecule has 1 aromatic rings. The topological polar surface area (TPSA) is 86.7 Å². The van der Waals surface area contributed by atoms with Crippen molar-refractivity contribution in [1.82, 2.24) is 4.90 Å². The van der Waals surface area contributed by atoms with Crippen LogP contribution in [0.15, 0.2) is 29.2 Å². The number of halogens is 3. The zero-order valence-corrected chi connectivity index (χ0v) is 12.6. The molecule has 0 spiro atoms. The van der Waals surface area contributed by atoms with Crippen molar-refractivity contribution in [2.75, 3.05) is 13.1 Å². The first-order chi connectivity index (χ1) is 10.6. The van der Waals surface area contributed by atoms with Gasteiger partial charge in [-0.3, -0.25) is 4.18 Å². The van der Waals surface area contributed by atoms with Crippen LogP contribution in [0.1, 0.15) is 18.4 Å². The Morgan fingerprint density at radius 1 is 1.26 bits per heavy atom. The fourth-order valence-electron chi connectivity index (χ4n) is 2.23. The summed E-state index contributed by atoms with van der Waals surface area (Å²) < 4.78 is 66.4. The van der Waals surface area contributed by atoms with Crippen LogP contribution in [0.25, 0.3) is 0 Å². The minimum atomic E-state index is -4.57. The Morgan fingerprint density at radius 2 is 1.87 bits per heavy atom. The highest BCUT2D eigenvalue weighted by Crippen LogP contribution is 2.30. The van der Waals surface area contributed by atoms with Crippen LogP contribution >= 0.6 is 0 Å². The normalized spacial score (nSPS) is 19.6. The van der Waals surface area contributed by atoms with Gasteiger partial charge in [-0.1, -0.05) is 0 Å². The van der Waals surface area contributed by atoms with E-state index in [2.05, 4.69) is 0 Å². The van der Waals surface area contributed by atoms with Crippen LogP contribution < -0.4 is 5.11 Å². The Balaban J connectivity index is 2.11. The molecule has 1 aliphatic heterocycles. The number of hydrogen-bond donors (Lipinski definition) is 0. The third kappa shape index (κ3) is 4.35. The smallest absolute Gasteiger partial charge is 0.416 e. The van der Waals surface area contributed by atoms with Crippen LogP contribution in [0.2, 0.25) is 0 Å². The summed E-state index contributed by atoms with van der Waals surface area (Å²) >= 11 is 0. The molecular formula is C13H13F3NO5S-. The molecule has 6 nitrogen and oxygen atoms in total. The Bertz CT molecular complexity index is 672. The lowest BCUT2D eigenvalue weighted by molar-refractivity contribution is -0.267. The molecule has 1 saturated heterocycles. The second-order valence-corrected chi connectivity index (χ2v) is 6.62. The van der Waals surface area contributed by atoms with E-state index in [0.29, 0.717) is 25.0 Å². The molecule has 1 unspecified atom stereocenters. The SMILES string of the molecule is O=C([O-])N1CCCC(OS(=O)(=O)c2ccc(C(F)(F)F)cc2)C1. The highest BCUT2D eigenvalue weighted by molar-refractivity contribution is 7.86. The highest BCUT2D eigenvalue weighted by atomic mass is 32.2. The zero-order chi connectivity index (χ0) is 17.3. The third-order valence-electron chi connectivity index (χ3n) is 3.37. The van der Waals surface area contributed by atoms with Crippen LogP contribution in [0.4, 0.5) is 18.0 Å². The van der Waals surface area contributed by atoms with Crippen LogP contribution in [0.3, 0.4) is 0 Å². The Morgan fingerprint density at radius 3 is 2.39 bits per heavy atom. The van der Waals surface area contributed by atoms with Crippen molar-refractivity contribution in [3.63, 3.8) is 0 Å². The molecule has 0 aliphatic carbocycles. The van der Waals surface area contributed by atoms with Gasteiger partial charge in [0.05, 0.1) is 16.6 Å². The number of carbonyl (C=O) groups excluding carboxylic acids is 1. The maximum absolute atomic E-state index is 12.5. The lowest BCUT2D eigenvalue weighted by atomic mass is 10.1. The summed E-state index contributed by atoms with van der Waals surface area (Å²) in [6, 6.07) is 2.89. The van der Waals surface area contributed by atoms with E-state index in [0.717, 1.165) is 17.0 Å². The monoisotopic (exact) mass is 352 g/mol. The number of piperidine rings is 1. The van der Waals surface area contributed by atoms with E-state index >= 15 is 0 Å². The number of hydrogen-bond acceptors (Lipinski definition) is 5. The van der Waals surface area contributed by atoms with Crippen LogP contribution in [-0.4, -0.2) is 38.6 Å². The Kier molecular flexibility index (Phi) is 4.85. The molecule has 0 aromatic heterocycles. The van der Waals surface area contributed by atoms with Crippen molar-refractivity contribution < 1.29 is 35.7 Å². The maximum atomic E-state index is 12.5. The first-order valence-electron chi connectivity index (χ1n) is 6.66. The summed E-state index contributed by atoms with van der Waals surface area (Å²) in [4.78, 5) is 11.3. The molecule has 0 saturated carbocycles. The van der Waals surface area contributed by atoms with E-state index in [1.165, 1.54) is 0 Å². The molecule has 128 valence electrons. The Labute approximate surface area is 130 Å². The molecule has 1 atom stereocenters. The second-order valence-electron chi connectivity index (χ2n) is 5.05. The molecule has 0 N–H and O–H groups in total. The van der Waals surface area contributed by atoms with E-state index in [4.69, 9.17) is 4.18 Å². The quantitative estimate of drug-likeness (QED) is 0.764. The predicted molar refractivity (Wildman–Crippen MR) is 69.7 cm³/mol. The van der Waals surface area contributed by atoms with Gasteiger partial charge in [0.25, 0.3) is 10.1 Å². The summed E-state index contributed by atoms with van der Waals surface area (Å²) in [6.07, 6.45) is -6.16. The molecule has 1 fully saturated rings. The lowest BCUT2D eigenvalue weighted by Gasteiger charge is -2.33. The van der Waals surface area contributed by atoms with Gasteiger partial charge in [0.1, 0.15) is 6.09 Å². The van der Waals surface area contributed by atoms with E-state index in [1.807, 2.05) is 0 Å². The number of benzene rings is 1. The Hall–Kier alpha value is -1.81. The van der Waals surface area contributed by atoms with Crippen molar-refractivity contribution in [3.05, 3.63) is 29.8 Å². The summed E-state index contributed by atoms with van der Waals surface area (Å²) in [5, 5.41) is 10.8. The number of rotatable bonds is 3. The van der Waals surface area contributed by atoms with Crippen molar-refractivity contribution >= 4 is 16.2 Å². The van der Waals surface area contributed by atoms with Crippen molar-refractivity contribution in [1.29, 1.82) is 0 Å². The van der Waals surface area contributed by atoms with Gasteiger partial charge < -0.3 is 14.8 Å². The average molecular weight is 352 g/mol. The average Bonchev–Trinajstić information content (AvgIpc) is 2.46. The van der Waals surface area contributed by atoms with Gasteiger partial charge in [-0.05, 0) is 37.1 Å². The fourth-order valence-corrected chi connectivity index (χ4v) is 3.32. The van der Waals surface area contributed by atoms with Crippen LogP contribution in [0, 0.1) is 0 Å². The van der Waals surface area contributed by atoms with E-state index in [1.54, 1.807) is 0 Å². The first kappa shape index (κ1) is 17.5. The minimum absolute atomic E-state index is 0.164. The van der Waals surface area contributed by atoms with Gasteiger partial charge in [-0.15, -0.1) is 0 Å². The number of likely N-dealkylation sites (tertiary alicyclic amines) is 1. The van der Waals surface area contributed by atoms with E-state index < -0.39 is 39.0 Å². The summed E-state index contributed by atoms with van der Waals surface area (Å²) in [6.45, 7) is 0.0602. The molecule has 1 heterocycles. The second kappa shape index (κ2) is 6.36. The van der Waals surface area contributed by atoms with Gasteiger partial charge in [-0.25, -0.2) is 0 Å². The van der Waals surface area contributed by atoms with Gasteiger partial charge in [0.2, 0.25) is 0 Å². The standard InChI is InChI=1S/C13H14F3NO5S/c14-13(15,16)9-3-5-11(6-4-9)23(20,21)22-10-2-1-7-17(8-10)12(18)19/h3-6,10H,1-2,7-8H2,(H,18,19)/p-1. The van der Waals surface area contributed by atoms with Crippen molar-refractivity contribution in [3.8, 4) is 0 Å². The molecule has 0 bridgehead atoms. The highest BCUT2D eigenvalue weighted by Gasteiger charge is 2.31. The van der Waals surface area contributed by atoms with Crippen molar-refractivity contribution in [2.24, 2.45) is 0 Å². The predicted octanol–water partition coefficient (Wildman–Crippen LogP) is 1.22. The van der Waals surface area contributed by atoms with Gasteiger partial charge in [0.15, 0.2) is 0 Å². The molecule has 1 amide bonds. The number of carboxylic acid groups (broad SMARTS) is 1. The summed E-state index contributed by atoms with van der Waals surface area (Å²) in [7, 11) is -4.28. The number of amides is 1. The number of nitrogens with zero attached hydrogens (tertiary/aromatic N) is 1.